The predicted octanol–water partition coefficient (Wildman–Crippen LogP) is 4.22. The predicted molar refractivity (Wildman–Crippen MR) is 103 cm³/mol. The molecular formula is C20H24ClN3O. The number of hydrogen-bond acceptors (Lipinski definition) is 2. The van der Waals surface area contributed by atoms with Crippen molar-refractivity contribution >= 4 is 23.3 Å². The maximum absolute atomic E-state index is 12.0. The second kappa shape index (κ2) is 8.37. The lowest BCUT2D eigenvalue weighted by molar-refractivity contribution is 0.242. The average molecular weight is 358 g/mol. The molecular weight excluding hydrogens is 334 g/mol. The van der Waals surface area contributed by atoms with Crippen LogP contribution in [0.4, 0.5) is 10.5 Å². The summed E-state index contributed by atoms with van der Waals surface area (Å²) >= 11 is 5.99. The average Bonchev–Trinajstić information content (AvgIpc) is 2.62. The topological polar surface area (TPSA) is 44.4 Å². The van der Waals surface area contributed by atoms with Crippen molar-refractivity contribution in [3.05, 3.63) is 64.2 Å². The molecule has 2 aromatic carbocycles. The number of amides is 2. The third-order valence-electron chi connectivity index (χ3n) is 4.56. The SMILES string of the molecule is Cc1cc(NC(=O)NCCCN2CCc3ccccc3C2)ccc1Cl. The summed E-state index contributed by atoms with van der Waals surface area (Å²) in [6.45, 7) is 5.67. The first-order valence-electron chi connectivity index (χ1n) is 8.72. The third kappa shape index (κ3) is 4.97. The zero-order valence-corrected chi connectivity index (χ0v) is 15.3. The Kier molecular flexibility index (Phi) is 5.95. The highest BCUT2D eigenvalue weighted by Crippen LogP contribution is 2.19. The van der Waals surface area contributed by atoms with Gasteiger partial charge < -0.3 is 10.6 Å². The van der Waals surface area contributed by atoms with Crippen LogP contribution < -0.4 is 10.6 Å². The van der Waals surface area contributed by atoms with Crippen molar-refractivity contribution < 1.29 is 4.79 Å². The molecule has 2 aromatic rings. The van der Waals surface area contributed by atoms with E-state index in [9.17, 15) is 4.79 Å². The third-order valence-corrected chi connectivity index (χ3v) is 4.99. The van der Waals surface area contributed by atoms with E-state index in [1.807, 2.05) is 13.0 Å². The fourth-order valence-corrected chi connectivity index (χ4v) is 3.26. The van der Waals surface area contributed by atoms with E-state index in [-0.39, 0.29) is 6.03 Å². The van der Waals surface area contributed by atoms with Crippen molar-refractivity contribution in [2.45, 2.75) is 26.3 Å². The Hall–Kier alpha value is -2.04. The van der Waals surface area contributed by atoms with Crippen molar-refractivity contribution in [2.75, 3.05) is 25.0 Å². The molecule has 0 unspecified atom stereocenters. The lowest BCUT2D eigenvalue weighted by atomic mass is 10.00. The first kappa shape index (κ1) is 17.8. The molecule has 4 nitrogen and oxygen atoms in total. The summed E-state index contributed by atoms with van der Waals surface area (Å²) < 4.78 is 0. The Bertz CT molecular complexity index is 747. The molecule has 0 fully saturated rings. The number of nitrogens with one attached hydrogen (secondary N) is 2. The molecule has 0 saturated heterocycles. The van der Waals surface area contributed by atoms with Gasteiger partial charge in [-0.1, -0.05) is 35.9 Å². The molecule has 2 amide bonds. The molecule has 0 atom stereocenters. The van der Waals surface area contributed by atoms with Gasteiger partial charge in [0.15, 0.2) is 0 Å². The lowest BCUT2D eigenvalue weighted by Crippen LogP contribution is -2.34. The summed E-state index contributed by atoms with van der Waals surface area (Å²) in [5.74, 6) is 0. The number of carbonyl (C=O) groups excluding carboxylic acids is 1. The highest BCUT2D eigenvalue weighted by atomic mass is 35.5. The van der Waals surface area contributed by atoms with E-state index in [4.69, 9.17) is 11.6 Å². The number of anilines is 1. The number of halogens is 1. The molecule has 2 N–H and O–H groups in total. The number of urea groups is 1. The maximum atomic E-state index is 12.0. The van der Waals surface area contributed by atoms with Gasteiger partial charge in [0.05, 0.1) is 0 Å². The van der Waals surface area contributed by atoms with E-state index in [2.05, 4.69) is 39.8 Å². The Morgan fingerprint density at radius 2 is 2.00 bits per heavy atom. The van der Waals surface area contributed by atoms with Gasteiger partial charge >= 0.3 is 6.03 Å². The van der Waals surface area contributed by atoms with Crippen LogP contribution >= 0.6 is 11.6 Å². The monoisotopic (exact) mass is 357 g/mol. The second-order valence-electron chi connectivity index (χ2n) is 6.49. The van der Waals surface area contributed by atoms with Crippen molar-refractivity contribution in [2.24, 2.45) is 0 Å². The largest absolute Gasteiger partial charge is 0.338 e. The molecule has 1 aliphatic heterocycles. The van der Waals surface area contributed by atoms with E-state index in [1.165, 1.54) is 11.1 Å². The fourth-order valence-electron chi connectivity index (χ4n) is 3.15. The van der Waals surface area contributed by atoms with Crippen LogP contribution in [0.15, 0.2) is 42.5 Å². The standard InChI is InChI=1S/C20H24ClN3O/c1-15-13-18(7-8-19(15)21)23-20(25)22-10-4-11-24-12-9-16-5-2-3-6-17(16)14-24/h2-3,5-8,13H,4,9-12,14H2,1H3,(H2,22,23,25). The molecule has 25 heavy (non-hydrogen) atoms. The smallest absolute Gasteiger partial charge is 0.319 e. The molecule has 0 spiro atoms. The summed E-state index contributed by atoms with van der Waals surface area (Å²) in [6.07, 6.45) is 2.05. The summed E-state index contributed by atoms with van der Waals surface area (Å²) in [7, 11) is 0. The number of fused-ring (bicyclic) bond motifs is 1. The zero-order chi connectivity index (χ0) is 17.6. The molecule has 5 heteroatoms. The minimum atomic E-state index is -0.175. The summed E-state index contributed by atoms with van der Waals surface area (Å²) in [6, 6.07) is 13.9. The summed E-state index contributed by atoms with van der Waals surface area (Å²) in [5.41, 5.74) is 4.60. The molecule has 0 aliphatic carbocycles. The van der Waals surface area contributed by atoms with Gasteiger partial charge in [-0.05, 0) is 54.7 Å². The van der Waals surface area contributed by atoms with Crippen molar-refractivity contribution in [1.82, 2.24) is 10.2 Å². The zero-order valence-electron chi connectivity index (χ0n) is 14.5. The number of nitrogens with zero attached hydrogens (tertiary/aromatic N) is 1. The van der Waals surface area contributed by atoms with Crippen molar-refractivity contribution in [3.8, 4) is 0 Å². The van der Waals surface area contributed by atoms with E-state index < -0.39 is 0 Å². The molecule has 1 heterocycles. The van der Waals surface area contributed by atoms with Crippen molar-refractivity contribution in [1.29, 1.82) is 0 Å². The van der Waals surface area contributed by atoms with Gasteiger partial charge in [-0.15, -0.1) is 0 Å². The Morgan fingerprint density at radius 3 is 2.80 bits per heavy atom. The number of carbonyl (C=O) groups is 1. The fraction of sp³-hybridized carbons (Fsp3) is 0.350. The lowest BCUT2D eigenvalue weighted by Gasteiger charge is -2.28. The molecule has 132 valence electrons. The molecule has 0 aromatic heterocycles. The number of benzene rings is 2. The number of rotatable bonds is 5. The number of hydrogen-bond donors (Lipinski definition) is 2. The van der Waals surface area contributed by atoms with Gasteiger partial charge in [-0.2, -0.15) is 0 Å². The van der Waals surface area contributed by atoms with Gasteiger partial charge in [0.25, 0.3) is 0 Å². The van der Waals surface area contributed by atoms with E-state index in [1.54, 1.807) is 12.1 Å². The van der Waals surface area contributed by atoms with Gasteiger partial charge in [-0.25, -0.2) is 4.79 Å². The van der Waals surface area contributed by atoms with E-state index >= 15 is 0 Å². The van der Waals surface area contributed by atoms with Crippen LogP contribution in [-0.2, 0) is 13.0 Å². The summed E-state index contributed by atoms with van der Waals surface area (Å²) in [4.78, 5) is 14.4. The minimum Gasteiger partial charge on any atom is -0.338 e. The first-order chi connectivity index (χ1) is 12.1. The van der Waals surface area contributed by atoms with Gasteiger partial charge in [0, 0.05) is 36.9 Å². The van der Waals surface area contributed by atoms with Crippen LogP contribution in [0.5, 0.6) is 0 Å². The Balaban J connectivity index is 1.37. The quantitative estimate of drug-likeness (QED) is 0.787. The minimum absolute atomic E-state index is 0.175. The highest BCUT2D eigenvalue weighted by Gasteiger charge is 2.14. The Labute approximate surface area is 154 Å². The molecule has 0 bridgehead atoms. The molecule has 3 rings (SSSR count). The van der Waals surface area contributed by atoms with Crippen LogP contribution in [0.25, 0.3) is 0 Å². The second-order valence-corrected chi connectivity index (χ2v) is 6.90. The summed E-state index contributed by atoms with van der Waals surface area (Å²) in [5, 5.41) is 6.46. The van der Waals surface area contributed by atoms with E-state index in [0.717, 1.165) is 43.7 Å². The van der Waals surface area contributed by atoms with Crippen LogP contribution in [0.1, 0.15) is 23.1 Å². The van der Waals surface area contributed by atoms with Crippen LogP contribution in [0.3, 0.4) is 0 Å². The van der Waals surface area contributed by atoms with Gasteiger partial charge in [0.1, 0.15) is 0 Å². The number of aryl methyl sites for hydroxylation is 1. The van der Waals surface area contributed by atoms with Crippen LogP contribution in [-0.4, -0.2) is 30.6 Å². The maximum Gasteiger partial charge on any atom is 0.319 e. The van der Waals surface area contributed by atoms with Gasteiger partial charge in [-0.3, -0.25) is 4.90 Å². The van der Waals surface area contributed by atoms with Gasteiger partial charge in [0.2, 0.25) is 0 Å². The molecule has 0 saturated carbocycles. The molecule has 0 radical (unpaired) electrons. The van der Waals surface area contributed by atoms with Crippen LogP contribution in [0.2, 0.25) is 5.02 Å². The molecule has 1 aliphatic rings. The normalized spacial score (nSPS) is 14.0. The Morgan fingerprint density at radius 1 is 1.20 bits per heavy atom. The van der Waals surface area contributed by atoms with Crippen molar-refractivity contribution in [3.63, 3.8) is 0 Å². The first-order valence-corrected chi connectivity index (χ1v) is 9.10. The highest BCUT2D eigenvalue weighted by molar-refractivity contribution is 6.31. The van der Waals surface area contributed by atoms with E-state index in [0.29, 0.717) is 11.6 Å². The van der Waals surface area contributed by atoms with Crippen LogP contribution in [0, 0.1) is 6.92 Å².